The molecule has 2 aliphatic carbocycles. The van der Waals surface area contributed by atoms with Crippen molar-refractivity contribution in [2.75, 3.05) is 0 Å². The van der Waals surface area contributed by atoms with E-state index in [0.29, 0.717) is 5.92 Å². The van der Waals surface area contributed by atoms with Gasteiger partial charge in [0.1, 0.15) is 5.60 Å². The highest BCUT2D eigenvalue weighted by atomic mass is 16.3. The minimum atomic E-state index is -1.16. The number of rotatable bonds is 5. The molecule has 138 valence electrons. The number of hydrogen-bond acceptors (Lipinski definition) is 2. The molecule has 0 aromatic heterocycles. The van der Waals surface area contributed by atoms with Crippen LogP contribution in [0.5, 0.6) is 0 Å². The van der Waals surface area contributed by atoms with Gasteiger partial charge < -0.3 is 5.11 Å². The summed E-state index contributed by atoms with van der Waals surface area (Å²) in [4.78, 5) is 13.7. The van der Waals surface area contributed by atoms with Gasteiger partial charge in [-0.15, -0.1) is 0 Å². The smallest absolute Gasteiger partial charge is 0.195 e. The van der Waals surface area contributed by atoms with Gasteiger partial charge in [-0.2, -0.15) is 0 Å². The molecule has 2 aliphatic rings. The molecule has 2 heteroatoms. The van der Waals surface area contributed by atoms with E-state index in [9.17, 15) is 9.90 Å². The molecule has 0 spiro atoms. The fourth-order valence-electron chi connectivity index (χ4n) is 5.21. The van der Waals surface area contributed by atoms with Crippen molar-refractivity contribution < 1.29 is 9.90 Å². The molecular formula is C23H34O2. The van der Waals surface area contributed by atoms with Crippen molar-refractivity contribution in [3.05, 3.63) is 35.4 Å². The summed E-state index contributed by atoms with van der Waals surface area (Å²) in [5, 5.41) is 11.9. The number of aliphatic hydroxyl groups is 1. The van der Waals surface area contributed by atoms with E-state index in [1.807, 2.05) is 18.2 Å². The standard InChI is InChI=1S/C23H34O2/c1-17(2)20-15-9-10-16-21(20)22(24)23(25,18-11-5-3-6-12-18)19-13-7-4-8-14-19/h9-10,15-19,25H,3-8,11-14H2,1-2H3. The van der Waals surface area contributed by atoms with E-state index >= 15 is 0 Å². The number of ketones is 1. The maximum Gasteiger partial charge on any atom is 0.195 e. The first kappa shape index (κ1) is 18.6. The number of hydrogen-bond donors (Lipinski definition) is 1. The molecule has 3 rings (SSSR count). The Morgan fingerprint density at radius 3 is 1.88 bits per heavy atom. The Labute approximate surface area is 153 Å². The molecule has 2 fully saturated rings. The van der Waals surface area contributed by atoms with E-state index in [2.05, 4.69) is 19.9 Å². The van der Waals surface area contributed by atoms with Gasteiger partial charge >= 0.3 is 0 Å². The third kappa shape index (κ3) is 3.69. The number of carbonyl (C=O) groups is 1. The van der Waals surface area contributed by atoms with Gasteiger partial charge in [0.05, 0.1) is 0 Å². The molecule has 0 atom stereocenters. The van der Waals surface area contributed by atoms with Crippen LogP contribution in [0.25, 0.3) is 0 Å². The van der Waals surface area contributed by atoms with Crippen LogP contribution in [0.2, 0.25) is 0 Å². The summed E-state index contributed by atoms with van der Waals surface area (Å²) in [6, 6.07) is 7.95. The van der Waals surface area contributed by atoms with Crippen molar-refractivity contribution in [1.82, 2.24) is 0 Å². The molecule has 1 aromatic carbocycles. The van der Waals surface area contributed by atoms with Gasteiger partial charge in [0.15, 0.2) is 5.78 Å². The first-order valence-electron chi connectivity index (χ1n) is 10.4. The average molecular weight is 343 g/mol. The van der Waals surface area contributed by atoms with E-state index in [1.54, 1.807) is 0 Å². The van der Waals surface area contributed by atoms with Crippen LogP contribution in [-0.4, -0.2) is 16.5 Å². The summed E-state index contributed by atoms with van der Waals surface area (Å²) in [5.74, 6) is 0.576. The summed E-state index contributed by atoms with van der Waals surface area (Å²) in [6.45, 7) is 4.26. The van der Waals surface area contributed by atoms with Crippen LogP contribution in [0.3, 0.4) is 0 Å². The van der Waals surface area contributed by atoms with Crippen LogP contribution in [-0.2, 0) is 0 Å². The molecule has 0 aliphatic heterocycles. The van der Waals surface area contributed by atoms with E-state index in [1.165, 1.54) is 12.8 Å². The summed E-state index contributed by atoms with van der Waals surface area (Å²) in [6.07, 6.45) is 11.1. The first-order valence-corrected chi connectivity index (χ1v) is 10.4. The summed E-state index contributed by atoms with van der Waals surface area (Å²) < 4.78 is 0. The first-order chi connectivity index (χ1) is 12.0. The van der Waals surface area contributed by atoms with Crippen molar-refractivity contribution in [3.63, 3.8) is 0 Å². The molecule has 1 aromatic rings. The zero-order valence-electron chi connectivity index (χ0n) is 16.0. The topological polar surface area (TPSA) is 37.3 Å². The van der Waals surface area contributed by atoms with E-state index in [0.717, 1.165) is 62.5 Å². The fraction of sp³-hybridized carbons (Fsp3) is 0.696. The second-order valence-electron chi connectivity index (χ2n) is 8.57. The lowest BCUT2D eigenvalue weighted by Gasteiger charge is -2.44. The van der Waals surface area contributed by atoms with Gasteiger partial charge in [0, 0.05) is 5.56 Å². The molecule has 0 bridgehead atoms. The van der Waals surface area contributed by atoms with E-state index < -0.39 is 5.60 Å². The van der Waals surface area contributed by atoms with Gasteiger partial charge in [-0.1, -0.05) is 76.6 Å². The Kier molecular flexibility index (Phi) is 5.99. The Bertz CT molecular complexity index is 560. The monoisotopic (exact) mass is 342 g/mol. The highest BCUT2D eigenvalue weighted by molar-refractivity contribution is 6.04. The molecule has 0 amide bonds. The van der Waals surface area contributed by atoms with E-state index in [4.69, 9.17) is 0 Å². The molecule has 2 nitrogen and oxygen atoms in total. The van der Waals surface area contributed by atoms with Crippen LogP contribution < -0.4 is 0 Å². The van der Waals surface area contributed by atoms with Crippen LogP contribution in [0.4, 0.5) is 0 Å². The van der Waals surface area contributed by atoms with Gasteiger partial charge in [0.2, 0.25) is 0 Å². The Balaban J connectivity index is 2.00. The van der Waals surface area contributed by atoms with Gasteiger partial charge in [-0.05, 0) is 49.0 Å². The number of benzene rings is 1. The third-order valence-corrected chi connectivity index (χ3v) is 6.65. The Hall–Kier alpha value is -1.15. The molecule has 2 saturated carbocycles. The van der Waals surface area contributed by atoms with Crippen molar-refractivity contribution in [3.8, 4) is 0 Å². The molecule has 0 saturated heterocycles. The van der Waals surface area contributed by atoms with Crippen molar-refractivity contribution in [2.24, 2.45) is 11.8 Å². The van der Waals surface area contributed by atoms with Gasteiger partial charge in [-0.3, -0.25) is 4.79 Å². The molecule has 0 radical (unpaired) electrons. The lowest BCUT2D eigenvalue weighted by molar-refractivity contribution is -0.0625. The quantitative estimate of drug-likeness (QED) is 0.678. The normalized spacial score (nSPS) is 20.8. The van der Waals surface area contributed by atoms with Crippen LogP contribution >= 0.6 is 0 Å². The molecule has 1 N–H and O–H groups in total. The predicted molar refractivity (Wildman–Crippen MR) is 103 cm³/mol. The minimum absolute atomic E-state index is 0.00981. The molecule has 0 heterocycles. The fourth-order valence-corrected chi connectivity index (χ4v) is 5.21. The summed E-state index contributed by atoms with van der Waals surface area (Å²) in [5.41, 5.74) is 0.681. The number of Topliss-reactive ketones (excluding diaryl/α,β-unsaturated/α-hetero) is 1. The van der Waals surface area contributed by atoms with E-state index in [-0.39, 0.29) is 17.6 Å². The van der Waals surface area contributed by atoms with Gasteiger partial charge in [-0.25, -0.2) is 0 Å². The largest absolute Gasteiger partial charge is 0.381 e. The van der Waals surface area contributed by atoms with Crippen molar-refractivity contribution >= 4 is 5.78 Å². The van der Waals surface area contributed by atoms with Crippen LogP contribution in [0.1, 0.15) is 99.9 Å². The number of carbonyl (C=O) groups excluding carboxylic acids is 1. The second-order valence-corrected chi connectivity index (χ2v) is 8.57. The molecule has 0 unspecified atom stereocenters. The highest BCUT2D eigenvalue weighted by Gasteiger charge is 2.50. The molecule has 25 heavy (non-hydrogen) atoms. The van der Waals surface area contributed by atoms with Crippen LogP contribution in [0, 0.1) is 11.8 Å². The van der Waals surface area contributed by atoms with Crippen molar-refractivity contribution in [2.45, 2.75) is 89.6 Å². The van der Waals surface area contributed by atoms with Crippen molar-refractivity contribution in [1.29, 1.82) is 0 Å². The SMILES string of the molecule is CC(C)c1ccccc1C(=O)C(O)(C1CCCCC1)C1CCCCC1. The molecular weight excluding hydrogens is 308 g/mol. The summed E-state index contributed by atoms with van der Waals surface area (Å²) >= 11 is 0. The highest BCUT2D eigenvalue weighted by Crippen LogP contribution is 2.45. The zero-order valence-corrected chi connectivity index (χ0v) is 16.0. The zero-order chi connectivity index (χ0) is 17.9. The maximum atomic E-state index is 13.7. The Morgan fingerprint density at radius 2 is 1.40 bits per heavy atom. The third-order valence-electron chi connectivity index (χ3n) is 6.65. The lowest BCUT2D eigenvalue weighted by atomic mass is 9.63. The minimum Gasteiger partial charge on any atom is -0.381 e. The van der Waals surface area contributed by atoms with Crippen LogP contribution in [0.15, 0.2) is 24.3 Å². The summed E-state index contributed by atoms with van der Waals surface area (Å²) in [7, 11) is 0. The second kappa shape index (κ2) is 8.03. The van der Waals surface area contributed by atoms with Gasteiger partial charge in [0.25, 0.3) is 0 Å². The average Bonchev–Trinajstić information content (AvgIpc) is 2.68. The maximum absolute atomic E-state index is 13.7. The predicted octanol–water partition coefficient (Wildman–Crippen LogP) is 5.88. The Morgan fingerprint density at radius 1 is 0.920 bits per heavy atom. The lowest BCUT2D eigenvalue weighted by Crippen LogP contribution is -2.53.